The topological polar surface area (TPSA) is 55.1 Å². The number of hydrogen-bond donors (Lipinski definition) is 2. The Morgan fingerprint density at radius 2 is 1.86 bits per heavy atom. The van der Waals surface area contributed by atoms with Crippen molar-refractivity contribution >= 4 is 5.91 Å². The van der Waals surface area contributed by atoms with Crippen LogP contribution < -0.4 is 11.1 Å². The molecule has 1 amide bonds. The average Bonchev–Trinajstić information content (AvgIpc) is 2.00. The summed E-state index contributed by atoms with van der Waals surface area (Å²) < 4.78 is 0. The summed E-state index contributed by atoms with van der Waals surface area (Å²) in [6.45, 7) is 2.65. The van der Waals surface area contributed by atoms with Gasteiger partial charge in [0.1, 0.15) is 0 Å². The highest BCUT2D eigenvalue weighted by Crippen LogP contribution is 2.41. The second-order valence-electron chi connectivity index (χ2n) is 5.21. The highest BCUT2D eigenvalue weighted by Gasteiger charge is 2.45. The van der Waals surface area contributed by atoms with Crippen molar-refractivity contribution < 1.29 is 4.79 Å². The fourth-order valence-electron chi connectivity index (χ4n) is 2.37. The van der Waals surface area contributed by atoms with E-state index in [9.17, 15) is 4.79 Å². The van der Waals surface area contributed by atoms with Crippen molar-refractivity contribution in [2.75, 3.05) is 6.54 Å². The van der Waals surface area contributed by atoms with E-state index in [0.29, 0.717) is 6.54 Å². The first-order valence-electron chi connectivity index (χ1n) is 5.63. The van der Waals surface area contributed by atoms with Gasteiger partial charge in [-0.15, -0.1) is 0 Å². The molecule has 3 heteroatoms. The quantitative estimate of drug-likeness (QED) is 0.712. The first kappa shape index (κ1) is 9.97. The third kappa shape index (κ3) is 1.44. The molecule has 0 aromatic heterocycles. The van der Waals surface area contributed by atoms with Crippen LogP contribution in [-0.2, 0) is 4.79 Å². The van der Waals surface area contributed by atoms with Gasteiger partial charge in [0.05, 0.1) is 5.41 Å². The predicted molar refractivity (Wildman–Crippen MR) is 55.7 cm³/mol. The Kier molecular flexibility index (Phi) is 2.30. The van der Waals surface area contributed by atoms with E-state index in [1.807, 2.05) is 0 Å². The fraction of sp³-hybridized carbons (Fsp3) is 0.909. The third-order valence-electron chi connectivity index (χ3n) is 4.06. The van der Waals surface area contributed by atoms with Crippen LogP contribution in [0, 0.1) is 5.41 Å². The molecule has 0 saturated heterocycles. The Labute approximate surface area is 85.4 Å². The lowest BCUT2D eigenvalue weighted by molar-refractivity contribution is -0.138. The summed E-state index contributed by atoms with van der Waals surface area (Å²) in [4.78, 5) is 12.0. The minimum atomic E-state index is -0.210. The average molecular weight is 196 g/mol. The second-order valence-corrected chi connectivity index (χ2v) is 5.21. The van der Waals surface area contributed by atoms with Crippen molar-refractivity contribution in [3.8, 4) is 0 Å². The number of rotatable bonds is 3. The van der Waals surface area contributed by atoms with Crippen molar-refractivity contribution in [2.24, 2.45) is 11.1 Å². The molecule has 2 aliphatic rings. The maximum atomic E-state index is 12.0. The highest BCUT2D eigenvalue weighted by atomic mass is 16.2. The number of nitrogens with two attached hydrogens (primary N) is 1. The van der Waals surface area contributed by atoms with Crippen molar-refractivity contribution in [1.82, 2.24) is 5.32 Å². The summed E-state index contributed by atoms with van der Waals surface area (Å²) >= 11 is 0. The van der Waals surface area contributed by atoms with Gasteiger partial charge in [0.25, 0.3) is 0 Å². The Morgan fingerprint density at radius 3 is 2.14 bits per heavy atom. The van der Waals surface area contributed by atoms with E-state index >= 15 is 0 Å². The van der Waals surface area contributed by atoms with Crippen LogP contribution in [0.25, 0.3) is 0 Å². The van der Waals surface area contributed by atoms with Crippen molar-refractivity contribution in [3.05, 3.63) is 0 Å². The van der Waals surface area contributed by atoms with Gasteiger partial charge in [0.2, 0.25) is 5.91 Å². The van der Waals surface area contributed by atoms with Crippen molar-refractivity contribution in [2.45, 2.75) is 51.0 Å². The predicted octanol–water partition coefficient (Wildman–Crippen LogP) is 1.17. The monoisotopic (exact) mass is 196 g/mol. The van der Waals surface area contributed by atoms with E-state index in [1.165, 1.54) is 6.42 Å². The van der Waals surface area contributed by atoms with E-state index in [1.54, 1.807) is 0 Å². The smallest absolute Gasteiger partial charge is 0.227 e. The van der Waals surface area contributed by atoms with Gasteiger partial charge in [-0.2, -0.15) is 0 Å². The molecule has 0 atom stereocenters. The number of amides is 1. The van der Waals surface area contributed by atoms with E-state index in [-0.39, 0.29) is 16.9 Å². The van der Waals surface area contributed by atoms with Crippen LogP contribution in [0.5, 0.6) is 0 Å². The molecule has 2 fully saturated rings. The molecule has 2 rings (SSSR count). The molecule has 0 spiro atoms. The molecular formula is C11H20N2O. The summed E-state index contributed by atoms with van der Waals surface area (Å²) in [5.74, 6) is 0.202. The van der Waals surface area contributed by atoms with Gasteiger partial charge in [0.15, 0.2) is 0 Å². The molecule has 0 heterocycles. The molecule has 3 N–H and O–H groups in total. The van der Waals surface area contributed by atoms with Gasteiger partial charge >= 0.3 is 0 Å². The number of carbonyl (C=O) groups excluding carboxylic acids is 1. The minimum Gasteiger partial charge on any atom is -0.350 e. The Balaban J connectivity index is 1.94. The van der Waals surface area contributed by atoms with Crippen molar-refractivity contribution in [3.63, 3.8) is 0 Å². The Bertz CT molecular complexity index is 236. The summed E-state index contributed by atoms with van der Waals surface area (Å²) in [7, 11) is 0. The van der Waals surface area contributed by atoms with Gasteiger partial charge in [0, 0.05) is 12.1 Å². The first-order chi connectivity index (χ1) is 6.60. The Morgan fingerprint density at radius 1 is 1.29 bits per heavy atom. The van der Waals surface area contributed by atoms with Gasteiger partial charge in [-0.1, -0.05) is 6.42 Å². The molecular weight excluding hydrogens is 176 g/mol. The summed E-state index contributed by atoms with van der Waals surface area (Å²) in [6, 6.07) is 0. The summed E-state index contributed by atoms with van der Waals surface area (Å²) in [5.41, 5.74) is 5.56. The van der Waals surface area contributed by atoms with Crippen LogP contribution in [0.3, 0.4) is 0 Å². The molecule has 0 aromatic rings. The van der Waals surface area contributed by atoms with Gasteiger partial charge < -0.3 is 11.1 Å². The molecule has 2 aliphatic carbocycles. The van der Waals surface area contributed by atoms with Crippen LogP contribution in [0.4, 0.5) is 0 Å². The van der Waals surface area contributed by atoms with Crippen LogP contribution >= 0.6 is 0 Å². The van der Waals surface area contributed by atoms with Crippen LogP contribution in [-0.4, -0.2) is 18.0 Å². The van der Waals surface area contributed by atoms with Gasteiger partial charge in [-0.05, 0) is 39.0 Å². The lowest BCUT2D eigenvalue weighted by Gasteiger charge is -2.45. The summed E-state index contributed by atoms with van der Waals surface area (Å²) in [6.07, 6.45) is 6.60. The molecule has 0 aliphatic heterocycles. The zero-order valence-electron chi connectivity index (χ0n) is 8.94. The third-order valence-corrected chi connectivity index (χ3v) is 4.06. The molecule has 80 valence electrons. The molecule has 0 radical (unpaired) electrons. The number of nitrogens with one attached hydrogen (secondary N) is 1. The van der Waals surface area contributed by atoms with E-state index in [4.69, 9.17) is 5.73 Å². The first-order valence-corrected chi connectivity index (χ1v) is 5.63. The maximum absolute atomic E-state index is 12.0. The zero-order chi connectivity index (χ0) is 10.2. The van der Waals surface area contributed by atoms with Crippen LogP contribution in [0.1, 0.15) is 45.4 Å². The number of hydrogen-bond acceptors (Lipinski definition) is 2. The molecule has 3 nitrogen and oxygen atoms in total. The molecule has 14 heavy (non-hydrogen) atoms. The summed E-state index contributed by atoms with van der Waals surface area (Å²) in [5, 5.41) is 3.17. The van der Waals surface area contributed by atoms with Crippen LogP contribution in [0.15, 0.2) is 0 Å². The number of carbonyl (C=O) groups is 1. The maximum Gasteiger partial charge on any atom is 0.227 e. The normalized spacial score (nSPS) is 27.3. The minimum absolute atomic E-state index is 0.0782. The molecule has 0 bridgehead atoms. The Hall–Kier alpha value is -0.570. The SMILES string of the molecule is CC1(NC(=O)C2(CN)CCC2)CCC1. The van der Waals surface area contributed by atoms with E-state index in [2.05, 4.69) is 12.2 Å². The highest BCUT2D eigenvalue weighted by molar-refractivity contribution is 5.84. The van der Waals surface area contributed by atoms with Crippen LogP contribution in [0.2, 0.25) is 0 Å². The lowest BCUT2D eigenvalue weighted by Crippen LogP contribution is -2.59. The lowest BCUT2D eigenvalue weighted by atomic mass is 9.67. The molecule has 0 unspecified atom stereocenters. The fourth-order valence-corrected chi connectivity index (χ4v) is 2.37. The van der Waals surface area contributed by atoms with E-state index in [0.717, 1.165) is 32.1 Å². The van der Waals surface area contributed by atoms with Gasteiger partial charge in [-0.3, -0.25) is 4.79 Å². The van der Waals surface area contributed by atoms with Gasteiger partial charge in [-0.25, -0.2) is 0 Å². The second kappa shape index (κ2) is 3.23. The standard InChI is InChI=1S/C11H20N2O/c1-10(4-2-5-10)13-9(14)11(8-12)6-3-7-11/h2-8,12H2,1H3,(H,13,14). The molecule has 0 aromatic carbocycles. The largest absolute Gasteiger partial charge is 0.350 e. The van der Waals surface area contributed by atoms with E-state index < -0.39 is 0 Å². The van der Waals surface area contributed by atoms with Crippen molar-refractivity contribution in [1.29, 1.82) is 0 Å². The molecule has 2 saturated carbocycles. The zero-order valence-corrected chi connectivity index (χ0v) is 8.94.